The second-order valence-corrected chi connectivity index (χ2v) is 7.21. The smallest absolute Gasteiger partial charge is 0.229 e. The molecule has 1 saturated heterocycles. The number of rotatable bonds is 6. The van der Waals surface area contributed by atoms with Crippen molar-refractivity contribution in [1.29, 1.82) is 0 Å². The monoisotopic (exact) mass is 313 g/mol. The van der Waals surface area contributed by atoms with Crippen molar-refractivity contribution >= 4 is 21.4 Å². The molecule has 2 rings (SSSR count). The number of benzene rings is 1. The average Bonchev–Trinajstić information content (AvgIpc) is 2.38. The van der Waals surface area contributed by atoms with Gasteiger partial charge in [-0.1, -0.05) is 6.07 Å². The van der Waals surface area contributed by atoms with Crippen LogP contribution in [0.4, 0.5) is 11.4 Å². The lowest BCUT2D eigenvalue weighted by atomic mass is 10.1. The van der Waals surface area contributed by atoms with Crippen LogP contribution in [0.15, 0.2) is 24.3 Å². The molecule has 6 nitrogen and oxygen atoms in total. The molecule has 2 unspecified atom stereocenters. The third-order valence-corrected chi connectivity index (χ3v) is 3.82. The Hall–Kier alpha value is -1.31. The molecule has 1 aromatic rings. The maximum Gasteiger partial charge on any atom is 0.229 e. The predicted octanol–water partition coefficient (Wildman–Crippen LogP) is 1.24. The van der Waals surface area contributed by atoms with Gasteiger partial charge in [0.2, 0.25) is 10.0 Å². The van der Waals surface area contributed by atoms with Crippen LogP contribution in [0.5, 0.6) is 0 Å². The number of hydrogen-bond acceptors (Lipinski definition) is 5. The van der Waals surface area contributed by atoms with Crippen LogP contribution in [0.3, 0.4) is 0 Å². The lowest BCUT2D eigenvalue weighted by Crippen LogP contribution is -2.43. The van der Waals surface area contributed by atoms with Crippen LogP contribution in [-0.4, -0.2) is 46.5 Å². The molecule has 0 bridgehead atoms. The van der Waals surface area contributed by atoms with E-state index in [9.17, 15) is 8.42 Å². The van der Waals surface area contributed by atoms with Crippen LogP contribution in [0.25, 0.3) is 0 Å². The van der Waals surface area contributed by atoms with Gasteiger partial charge in [-0.05, 0) is 31.5 Å². The fourth-order valence-electron chi connectivity index (χ4n) is 2.43. The highest BCUT2D eigenvalue weighted by Gasteiger charge is 2.16. The maximum atomic E-state index is 11.2. The first-order chi connectivity index (χ1) is 9.92. The topological polar surface area (TPSA) is 79.5 Å². The van der Waals surface area contributed by atoms with Crippen molar-refractivity contribution in [2.24, 2.45) is 0 Å². The number of hydrogen-bond donors (Lipinski definition) is 3. The Morgan fingerprint density at radius 2 is 2.19 bits per heavy atom. The van der Waals surface area contributed by atoms with Gasteiger partial charge in [-0.3, -0.25) is 4.72 Å². The summed E-state index contributed by atoms with van der Waals surface area (Å²) in [6, 6.07) is 7.89. The van der Waals surface area contributed by atoms with Gasteiger partial charge >= 0.3 is 0 Å². The van der Waals surface area contributed by atoms with Gasteiger partial charge in [0.15, 0.2) is 0 Å². The fourth-order valence-corrected chi connectivity index (χ4v) is 2.98. The minimum Gasteiger partial charge on any atom is -0.382 e. The van der Waals surface area contributed by atoms with Crippen LogP contribution in [0, 0.1) is 0 Å². The van der Waals surface area contributed by atoms with E-state index in [0.717, 1.165) is 38.1 Å². The lowest BCUT2D eigenvalue weighted by Gasteiger charge is -2.27. The molecule has 0 radical (unpaired) electrons. The zero-order valence-corrected chi connectivity index (χ0v) is 13.2. The van der Waals surface area contributed by atoms with E-state index in [1.807, 2.05) is 12.1 Å². The molecule has 3 N–H and O–H groups in total. The Labute approximate surface area is 126 Å². The number of nitrogens with one attached hydrogen (secondary N) is 3. The van der Waals surface area contributed by atoms with Gasteiger partial charge in [0.1, 0.15) is 0 Å². The summed E-state index contributed by atoms with van der Waals surface area (Å²) in [7, 11) is -3.25. The Bertz CT molecular complexity index is 556. The third kappa shape index (κ3) is 5.91. The molecule has 0 aromatic heterocycles. The second kappa shape index (κ2) is 7.11. The van der Waals surface area contributed by atoms with Crippen molar-refractivity contribution in [2.75, 3.05) is 36.1 Å². The van der Waals surface area contributed by atoms with E-state index >= 15 is 0 Å². The highest BCUT2D eigenvalue weighted by Crippen LogP contribution is 2.18. The van der Waals surface area contributed by atoms with E-state index in [1.54, 1.807) is 12.1 Å². The van der Waals surface area contributed by atoms with Crippen molar-refractivity contribution in [3.05, 3.63) is 24.3 Å². The molecule has 0 aliphatic carbocycles. The minimum atomic E-state index is -3.25. The van der Waals surface area contributed by atoms with Gasteiger partial charge in [-0.25, -0.2) is 8.42 Å². The molecule has 1 aliphatic rings. The maximum absolute atomic E-state index is 11.2. The van der Waals surface area contributed by atoms with Gasteiger partial charge in [-0.2, -0.15) is 0 Å². The molecule has 1 fully saturated rings. The molecule has 0 saturated carbocycles. The Morgan fingerprint density at radius 1 is 1.43 bits per heavy atom. The van der Waals surface area contributed by atoms with Crippen molar-refractivity contribution in [2.45, 2.75) is 25.4 Å². The van der Waals surface area contributed by atoms with E-state index in [-0.39, 0.29) is 6.04 Å². The van der Waals surface area contributed by atoms with Crippen molar-refractivity contribution in [3.8, 4) is 0 Å². The Morgan fingerprint density at radius 3 is 2.86 bits per heavy atom. The molecule has 7 heteroatoms. The highest BCUT2D eigenvalue weighted by atomic mass is 32.2. The summed E-state index contributed by atoms with van der Waals surface area (Å²) in [6.07, 6.45) is 2.09. The molecule has 21 heavy (non-hydrogen) atoms. The normalized spacial score (nSPS) is 20.8. The largest absolute Gasteiger partial charge is 0.382 e. The first kappa shape index (κ1) is 16.1. The summed E-state index contributed by atoms with van der Waals surface area (Å²) < 4.78 is 30.4. The van der Waals surface area contributed by atoms with Crippen LogP contribution in [0.1, 0.15) is 13.3 Å². The van der Waals surface area contributed by atoms with Gasteiger partial charge in [0, 0.05) is 24.3 Å². The van der Waals surface area contributed by atoms with Gasteiger partial charge < -0.3 is 15.4 Å². The zero-order valence-electron chi connectivity index (χ0n) is 12.4. The van der Waals surface area contributed by atoms with E-state index in [1.165, 1.54) is 0 Å². The molecule has 1 aromatic carbocycles. The molecular formula is C14H23N3O3S. The Balaban J connectivity index is 1.90. The second-order valence-electron chi connectivity index (χ2n) is 5.46. The molecule has 118 valence electrons. The summed E-state index contributed by atoms with van der Waals surface area (Å²) in [5, 5.41) is 6.81. The van der Waals surface area contributed by atoms with Crippen molar-refractivity contribution in [3.63, 3.8) is 0 Å². The summed E-state index contributed by atoms with van der Waals surface area (Å²) in [4.78, 5) is 0. The average molecular weight is 313 g/mol. The quantitative estimate of drug-likeness (QED) is 0.736. The minimum absolute atomic E-state index is 0.262. The van der Waals surface area contributed by atoms with E-state index in [2.05, 4.69) is 22.3 Å². The molecule has 2 atom stereocenters. The van der Waals surface area contributed by atoms with Crippen LogP contribution in [0.2, 0.25) is 0 Å². The first-order valence-electron chi connectivity index (χ1n) is 7.08. The van der Waals surface area contributed by atoms with E-state index in [4.69, 9.17) is 4.74 Å². The van der Waals surface area contributed by atoms with Gasteiger partial charge in [-0.15, -0.1) is 0 Å². The standard InChI is InChI=1S/C14H23N3O3S/c1-11(8-14-10-20-7-6-15-14)16-12-4-3-5-13(9-12)17-21(2,18)19/h3-5,9,11,14-17H,6-8,10H2,1-2H3. The van der Waals surface area contributed by atoms with Crippen molar-refractivity contribution in [1.82, 2.24) is 5.32 Å². The fraction of sp³-hybridized carbons (Fsp3) is 0.571. The van der Waals surface area contributed by atoms with Crippen LogP contribution in [-0.2, 0) is 14.8 Å². The molecule has 0 amide bonds. The number of ether oxygens (including phenoxy) is 1. The third-order valence-electron chi connectivity index (χ3n) is 3.22. The molecule has 1 heterocycles. The summed E-state index contributed by atoms with van der Waals surface area (Å²) >= 11 is 0. The van der Waals surface area contributed by atoms with E-state index in [0.29, 0.717) is 11.7 Å². The highest BCUT2D eigenvalue weighted by molar-refractivity contribution is 7.92. The van der Waals surface area contributed by atoms with Crippen molar-refractivity contribution < 1.29 is 13.2 Å². The lowest BCUT2D eigenvalue weighted by molar-refractivity contribution is 0.0731. The van der Waals surface area contributed by atoms with E-state index < -0.39 is 10.0 Å². The Kier molecular flexibility index (Phi) is 5.44. The van der Waals surface area contributed by atoms with Gasteiger partial charge in [0.25, 0.3) is 0 Å². The molecular weight excluding hydrogens is 290 g/mol. The summed E-state index contributed by atoms with van der Waals surface area (Å²) in [6.45, 7) is 4.51. The molecule has 0 spiro atoms. The summed E-state index contributed by atoms with van der Waals surface area (Å²) in [5.41, 5.74) is 1.46. The number of morpholine rings is 1. The first-order valence-corrected chi connectivity index (χ1v) is 8.97. The van der Waals surface area contributed by atoms with Crippen LogP contribution >= 0.6 is 0 Å². The summed E-state index contributed by atoms with van der Waals surface area (Å²) in [5.74, 6) is 0. The SMILES string of the molecule is CC(CC1COCCN1)Nc1cccc(NS(C)(=O)=O)c1. The molecule has 1 aliphatic heterocycles. The van der Waals surface area contributed by atoms with Gasteiger partial charge in [0.05, 0.1) is 25.2 Å². The number of sulfonamides is 1. The predicted molar refractivity (Wildman–Crippen MR) is 85.2 cm³/mol. The zero-order chi connectivity index (χ0) is 15.3. The number of anilines is 2. The van der Waals surface area contributed by atoms with Crippen LogP contribution < -0.4 is 15.4 Å².